The highest BCUT2D eigenvalue weighted by Crippen LogP contribution is 2.13. The quantitative estimate of drug-likeness (QED) is 0.318. The predicted octanol–water partition coefficient (Wildman–Crippen LogP) is 3.76. The first-order valence-corrected chi connectivity index (χ1v) is 13.3. The summed E-state index contributed by atoms with van der Waals surface area (Å²) in [5, 5.41) is 19.5. The molecule has 0 bridgehead atoms. The molecule has 8 heteroatoms. The van der Waals surface area contributed by atoms with Gasteiger partial charge in [0, 0.05) is 13.0 Å². The van der Waals surface area contributed by atoms with Crippen LogP contribution in [0.3, 0.4) is 0 Å². The Kier molecular flexibility index (Phi) is 12.3. The summed E-state index contributed by atoms with van der Waals surface area (Å²) < 4.78 is 5.32. The Morgan fingerprint density at radius 2 is 1.47 bits per heavy atom. The Balaban J connectivity index is 1.99. The summed E-state index contributed by atoms with van der Waals surface area (Å²) in [6.07, 6.45) is -0.238. The lowest BCUT2D eigenvalue weighted by molar-refractivity contribution is -0.125. The first kappa shape index (κ1) is 30.8. The third kappa shape index (κ3) is 11.8. The predicted molar refractivity (Wildman–Crippen MR) is 148 cm³/mol. The largest absolute Gasteiger partial charge is 0.444 e. The minimum atomic E-state index is -0.964. The lowest BCUT2D eigenvalue weighted by Crippen LogP contribution is -2.55. The van der Waals surface area contributed by atoms with Crippen molar-refractivity contribution >= 4 is 17.9 Å². The molecule has 0 aliphatic heterocycles. The van der Waals surface area contributed by atoms with Crippen molar-refractivity contribution in [3.05, 3.63) is 71.8 Å². The van der Waals surface area contributed by atoms with Crippen LogP contribution in [0.25, 0.3) is 0 Å². The SMILES string of the molecule is CC(C)C(NC(=O)OC(C)(C)C)C(=O)NC(Cc1ccccc1)C(O)CCC(=O)NCCc1ccccc1. The number of nitrogens with one attached hydrogen (secondary N) is 3. The van der Waals surface area contributed by atoms with Crippen LogP contribution < -0.4 is 16.0 Å². The van der Waals surface area contributed by atoms with Crippen LogP contribution in [-0.2, 0) is 27.2 Å². The summed E-state index contributed by atoms with van der Waals surface area (Å²) in [4.78, 5) is 38.0. The van der Waals surface area contributed by atoms with Crippen molar-refractivity contribution in [1.82, 2.24) is 16.0 Å². The molecule has 3 atom stereocenters. The highest BCUT2D eigenvalue weighted by molar-refractivity contribution is 5.86. The Bertz CT molecular complexity index is 1010. The lowest BCUT2D eigenvalue weighted by Gasteiger charge is -2.29. The van der Waals surface area contributed by atoms with Crippen LogP contribution in [0.2, 0.25) is 0 Å². The number of ether oxygens (including phenoxy) is 1. The second-order valence-electron chi connectivity index (χ2n) is 10.9. The number of rotatable bonds is 13. The van der Waals surface area contributed by atoms with E-state index >= 15 is 0 Å². The van der Waals surface area contributed by atoms with E-state index in [2.05, 4.69) is 16.0 Å². The Morgan fingerprint density at radius 3 is 2.03 bits per heavy atom. The van der Waals surface area contributed by atoms with E-state index in [0.29, 0.717) is 13.0 Å². The van der Waals surface area contributed by atoms with Gasteiger partial charge >= 0.3 is 6.09 Å². The lowest BCUT2D eigenvalue weighted by atomic mass is 9.96. The van der Waals surface area contributed by atoms with Crippen LogP contribution in [0.15, 0.2) is 60.7 Å². The monoisotopic (exact) mass is 525 g/mol. The third-order valence-corrected chi connectivity index (χ3v) is 5.96. The van der Waals surface area contributed by atoms with Crippen LogP contribution >= 0.6 is 0 Å². The molecule has 0 aromatic heterocycles. The fourth-order valence-corrected chi connectivity index (χ4v) is 3.95. The van der Waals surface area contributed by atoms with Gasteiger partial charge < -0.3 is 25.8 Å². The number of carbonyl (C=O) groups is 3. The van der Waals surface area contributed by atoms with Gasteiger partial charge in [-0.3, -0.25) is 9.59 Å². The minimum Gasteiger partial charge on any atom is -0.444 e. The smallest absolute Gasteiger partial charge is 0.408 e. The maximum absolute atomic E-state index is 13.2. The molecule has 0 aliphatic carbocycles. The molecule has 3 amide bonds. The van der Waals surface area contributed by atoms with E-state index in [9.17, 15) is 19.5 Å². The van der Waals surface area contributed by atoms with Gasteiger partial charge in [-0.25, -0.2) is 4.79 Å². The summed E-state index contributed by atoms with van der Waals surface area (Å²) in [6.45, 7) is 9.41. The number of amides is 3. The maximum Gasteiger partial charge on any atom is 0.408 e. The summed E-state index contributed by atoms with van der Waals surface area (Å²) in [7, 11) is 0. The zero-order valence-corrected chi connectivity index (χ0v) is 23.2. The molecule has 0 radical (unpaired) electrons. The van der Waals surface area contributed by atoms with Gasteiger partial charge in [0.05, 0.1) is 12.1 Å². The van der Waals surface area contributed by atoms with E-state index in [4.69, 9.17) is 4.74 Å². The fourth-order valence-electron chi connectivity index (χ4n) is 3.95. The molecular formula is C30H43N3O5. The van der Waals surface area contributed by atoms with E-state index in [-0.39, 0.29) is 24.7 Å². The molecule has 0 spiro atoms. The molecule has 0 saturated heterocycles. The second kappa shape index (κ2) is 15.1. The van der Waals surface area contributed by atoms with Gasteiger partial charge in [0.1, 0.15) is 11.6 Å². The molecule has 0 fully saturated rings. The molecule has 2 aromatic carbocycles. The molecule has 4 N–H and O–H groups in total. The van der Waals surface area contributed by atoms with Crippen LogP contribution in [0.5, 0.6) is 0 Å². The van der Waals surface area contributed by atoms with Crippen LogP contribution in [-0.4, -0.2) is 53.3 Å². The molecule has 2 aromatic rings. The number of hydrogen-bond acceptors (Lipinski definition) is 5. The third-order valence-electron chi connectivity index (χ3n) is 5.96. The number of aliphatic hydroxyl groups excluding tert-OH is 1. The van der Waals surface area contributed by atoms with Crippen molar-refractivity contribution in [3.63, 3.8) is 0 Å². The van der Waals surface area contributed by atoms with Crippen molar-refractivity contribution in [2.24, 2.45) is 5.92 Å². The van der Waals surface area contributed by atoms with Crippen LogP contribution in [0.1, 0.15) is 58.6 Å². The molecule has 0 saturated carbocycles. The van der Waals surface area contributed by atoms with Crippen molar-refractivity contribution in [2.75, 3.05) is 6.54 Å². The first-order chi connectivity index (χ1) is 17.9. The molecule has 208 valence electrons. The molecule has 2 rings (SSSR count). The summed E-state index contributed by atoms with van der Waals surface area (Å²) in [5.41, 5.74) is 1.37. The summed E-state index contributed by atoms with van der Waals surface area (Å²) >= 11 is 0. The standard InChI is InChI=1S/C30H43N3O5/c1-21(2)27(33-29(37)38-30(3,4)5)28(36)32-24(20-23-14-10-7-11-15-23)25(34)16-17-26(35)31-19-18-22-12-8-6-9-13-22/h6-15,21,24-25,27,34H,16-20H2,1-5H3,(H,31,35)(H,32,36)(H,33,37). The van der Waals surface area contributed by atoms with Gasteiger partial charge in [-0.05, 0) is 57.1 Å². The zero-order valence-electron chi connectivity index (χ0n) is 23.2. The minimum absolute atomic E-state index is 0.126. The van der Waals surface area contributed by atoms with Gasteiger partial charge in [0.15, 0.2) is 0 Å². The van der Waals surface area contributed by atoms with Crippen molar-refractivity contribution in [2.45, 2.75) is 84.1 Å². The van der Waals surface area contributed by atoms with E-state index in [1.807, 2.05) is 74.5 Å². The Morgan fingerprint density at radius 1 is 0.895 bits per heavy atom. The van der Waals surface area contributed by atoms with Gasteiger partial charge in [0.2, 0.25) is 11.8 Å². The molecular weight excluding hydrogens is 482 g/mol. The average Bonchev–Trinajstić information content (AvgIpc) is 2.85. The van der Waals surface area contributed by atoms with E-state index < -0.39 is 35.8 Å². The van der Waals surface area contributed by atoms with Crippen molar-refractivity contribution < 1.29 is 24.2 Å². The van der Waals surface area contributed by atoms with Gasteiger partial charge in [-0.2, -0.15) is 0 Å². The molecule has 0 aliphatic rings. The summed E-state index contributed by atoms with van der Waals surface area (Å²) in [5.74, 6) is -0.790. The van der Waals surface area contributed by atoms with E-state index in [1.165, 1.54) is 0 Å². The van der Waals surface area contributed by atoms with E-state index in [0.717, 1.165) is 17.5 Å². The first-order valence-electron chi connectivity index (χ1n) is 13.3. The zero-order chi connectivity index (χ0) is 28.1. The van der Waals surface area contributed by atoms with Crippen molar-refractivity contribution in [3.8, 4) is 0 Å². The van der Waals surface area contributed by atoms with Crippen LogP contribution in [0, 0.1) is 5.92 Å². The van der Waals surface area contributed by atoms with Crippen molar-refractivity contribution in [1.29, 1.82) is 0 Å². The maximum atomic E-state index is 13.2. The Labute approximate surface area is 226 Å². The topological polar surface area (TPSA) is 117 Å². The number of alkyl carbamates (subject to hydrolysis) is 1. The fraction of sp³-hybridized carbons (Fsp3) is 0.500. The highest BCUT2D eigenvalue weighted by Gasteiger charge is 2.30. The van der Waals surface area contributed by atoms with Crippen LogP contribution in [0.4, 0.5) is 4.79 Å². The number of benzene rings is 2. The van der Waals surface area contributed by atoms with Gasteiger partial charge in [-0.15, -0.1) is 0 Å². The highest BCUT2D eigenvalue weighted by atomic mass is 16.6. The molecule has 8 nitrogen and oxygen atoms in total. The Hall–Kier alpha value is -3.39. The average molecular weight is 526 g/mol. The van der Waals surface area contributed by atoms with Gasteiger partial charge in [-0.1, -0.05) is 74.5 Å². The molecule has 0 heterocycles. The number of aliphatic hydroxyl groups is 1. The van der Waals surface area contributed by atoms with E-state index in [1.54, 1.807) is 20.8 Å². The number of hydrogen-bond donors (Lipinski definition) is 4. The number of carbonyl (C=O) groups excluding carboxylic acids is 3. The summed E-state index contributed by atoms with van der Waals surface area (Å²) in [6, 6.07) is 17.9. The molecule has 38 heavy (non-hydrogen) atoms. The van der Waals surface area contributed by atoms with Gasteiger partial charge in [0.25, 0.3) is 0 Å². The second-order valence-corrected chi connectivity index (χ2v) is 10.9. The molecule has 3 unspecified atom stereocenters. The normalized spacial score (nSPS) is 13.8.